The Hall–Kier alpha value is -4.27. The summed E-state index contributed by atoms with van der Waals surface area (Å²) in [5.41, 5.74) is 2.84. The van der Waals surface area contributed by atoms with Crippen LogP contribution in [0, 0.1) is 6.92 Å². The number of rotatable bonds is 6. The molecule has 0 spiro atoms. The maximum absolute atomic E-state index is 13.3. The van der Waals surface area contributed by atoms with Crippen LogP contribution in [0.3, 0.4) is 0 Å². The molecule has 1 fully saturated rings. The number of aryl methyl sites for hydroxylation is 1. The van der Waals surface area contributed by atoms with Gasteiger partial charge in [0.2, 0.25) is 0 Å². The van der Waals surface area contributed by atoms with Gasteiger partial charge < -0.3 is 14.2 Å². The number of likely N-dealkylation sites (tertiary alicyclic amines) is 1. The molecule has 184 valence electrons. The van der Waals surface area contributed by atoms with Gasteiger partial charge in [0.1, 0.15) is 5.76 Å². The molecule has 0 unspecified atom stereocenters. The lowest BCUT2D eigenvalue weighted by Crippen LogP contribution is -2.38. The standard InChI is InChI=1S/C27H28N6O3/c1-19-6-8-23(27(35)31(2)18-22-5-3-16-36-22)25(30-19)20-10-14-32(15-11-20)26(34)21-7-9-24(28-17-21)33-13-4-12-29-33/h3-9,12-13,16-17,20H,10-11,14-15,18H2,1-2H3. The molecule has 1 saturated heterocycles. The number of furan rings is 1. The summed E-state index contributed by atoms with van der Waals surface area (Å²) >= 11 is 0. The molecule has 0 atom stereocenters. The smallest absolute Gasteiger partial charge is 0.255 e. The van der Waals surface area contributed by atoms with Crippen LogP contribution in [0.4, 0.5) is 0 Å². The molecule has 0 aromatic carbocycles. The third-order valence-corrected chi connectivity index (χ3v) is 6.52. The van der Waals surface area contributed by atoms with Gasteiger partial charge in [0.25, 0.3) is 11.8 Å². The Bertz CT molecular complexity index is 1320. The van der Waals surface area contributed by atoms with Crippen molar-refractivity contribution in [3.63, 3.8) is 0 Å². The Morgan fingerprint density at radius 2 is 1.94 bits per heavy atom. The van der Waals surface area contributed by atoms with E-state index in [9.17, 15) is 9.59 Å². The summed E-state index contributed by atoms with van der Waals surface area (Å²) in [4.78, 5) is 39.0. The van der Waals surface area contributed by atoms with E-state index in [0.29, 0.717) is 36.6 Å². The van der Waals surface area contributed by atoms with Gasteiger partial charge in [-0.1, -0.05) is 0 Å². The van der Waals surface area contributed by atoms with Crippen LogP contribution in [0.25, 0.3) is 5.82 Å². The van der Waals surface area contributed by atoms with Crippen molar-refractivity contribution in [2.24, 2.45) is 0 Å². The van der Waals surface area contributed by atoms with Crippen molar-refractivity contribution in [1.82, 2.24) is 29.5 Å². The fourth-order valence-electron chi connectivity index (χ4n) is 4.57. The van der Waals surface area contributed by atoms with E-state index >= 15 is 0 Å². The van der Waals surface area contributed by atoms with E-state index in [0.717, 1.165) is 30.0 Å². The second kappa shape index (κ2) is 10.2. The van der Waals surface area contributed by atoms with Gasteiger partial charge in [0, 0.05) is 50.3 Å². The van der Waals surface area contributed by atoms with Gasteiger partial charge >= 0.3 is 0 Å². The predicted octanol–water partition coefficient (Wildman–Crippen LogP) is 3.86. The molecule has 4 aromatic rings. The summed E-state index contributed by atoms with van der Waals surface area (Å²) in [5.74, 6) is 1.36. The van der Waals surface area contributed by atoms with E-state index < -0.39 is 0 Å². The Labute approximate surface area is 209 Å². The molecule has 1 aliphatic heterocycles. The summed E-state index contributed by atoms with van der Waals surface area (Å²) in [6.07, 6.45) is 8.17. The molecular weight excluding hydrogens is 456 g/mol. The lowest BCUT2D eigenvalue weighted by atomic mass is 9.89. The molecule has 5 heterocycles. The van der Waals surface area contributed by atoms with Crippen LogP contribution in [-0.2, 0) is 6.54 Å². The molecule has 4 aromatic heterocycles. The number of piperidine rings is 1. The predicted molar refractivity (Wildman–Crippen MR) is 133 cm³/mol. The highest BCUT2D eigenvalue weighted by Gasteiger charge is 2.29. The number of carbonyl (C=O) groups excluding carboxylic acids is 2. The van der Waals surface area contributed by atoms with Crippen molar-refractivity contribution in [2.75, 3.05) is 20.1 Å². The monoisotopic (exact) mass is 484 g/mol. The number of hydrogen-bond donors (Lipinski definition) is 0. The fraction of sp³-hybridized carbons (Fsp3) is 0.296. The number of amides is 2. The first-order chi connectivity index (χ1) is 17.5. The van der Waals surface area contributed by atoms with Gasteiger partial charge in [-0.05, 0) is 62.2 Å². The molecule has 9 nitrogen and oxygen atoms in total. The zero-order chi connectivity index (χ0) is 25.1. The fourth-order valence-corrected chi connectivity index (χ4v) is 4.57. The maximum atomic E-state index is 13.3. The van der Waals surface area contributed by atoms with Crippen molar-refractivity contribution in [2.45, 2.75) is 32.2 Å². The summed E-state index contributed by atoms with van der Waals surface area (Å²) in [6, 6.07) is 12.8. The second-order valence-electron chi connectivity index (χ2n) is 9.05. The largest absolute Gasteiger partial charge is 0.467 e. The first-order valence-corrected chi connectivity index (χ1v) is 12.0. The van der Waals surface area contributed by atoms with Crippen molar-refractivity contribution < 1.29 is 14.0 Å². The van der Waals surface area contributed by atoms with Crippen molar-refractivity contribution in [3.05, 3.63) is 95.6 Å². The molecule has 0 saturated carbocycles. The molecule has 0 N–H and O–H groups in total. The van der Waals surface area contributed by atoms with Gasteiger partial charge in [0.05, 0.1) is 29.6 Å². The minimum atomic E-state index is -0.0873. The minimum Gasteiger partial charge on any atom is -0.467 e. The van der Waals surface area contributed by atoms with E-state index in [2.05, 4.69) is 10.1 Å². The molecule has 2 amide bonds. The summed E-state index contributed by atoms with van der Waals surface area (Å²) in [5, 5.41) is 4.16. The third-order valence-electron chi connectivity index (χ3n) is 6.52. The minimum absolute atomic E-state index is 0.0420. The van der Waals surface area contributed by atoms with Crippen LogP contribution in [0.5, 0.6) is 0 Å². The quantitative estimate of drug-likeness (QED) is 0.412. The topological polar surface area (TPSA) is 97.4 Å². The third kappa shape index (κ3) is 4.91. The van der Waals surface area contributed by atoms with E-state index in [1.807, 2.05) is 48.4 Å². The van der Waals surface area contributed by atoms with Gasteiger partial charge in [-0.15, -0.1) is 0 Å². The highest BCUT2D eigenvalue weighted by Crippen LogP contribution is 2.31. The van der Waals surface area contributed by atoms with Crippen molar-refractivity contribution in [3.8, 4) is 5.82 Å². The molecule has 36 heavy (non-hydrogen) atoms. The van der Waals surface area contributed by atoms with Gasteiger partial charge in [0.15, 0.2) is 5.82 Å². The molecule has 0 radical (unpaired) electrons. The molecule has 0 bridgehead atoms. The lowest BCUT2D eigenvalue weighted by molar-refractivity contribution is 0.0705. The number of hydrogen-bond acceptors (Lipinski definition) is 6. The number of nitrogens with zero attached hydrogens (tertiary/aromatic N) is 6. The Morgan fingerprint density at radius 1 is 1.11 bits per heavy atom. The molecule has 1 aliphatic rings. The van der Waals surface area contributed by atoms with Crippen LogP contribution in [-0.4, -0.2) is 61.5 Å². The normalized spacial score (nSPS) is 14.1. The molecule has 9 heteroatoms. The first-order valence-electron chi connectivity index (χ1n) is 12.0. The van der Waals surface area contributed by atoms with Crippen LogP contribution in [0.2, 0.25) is 0 Å². The average Bonchev–Trinajstić information content (AvgIpc) is 3.63. The summed E-state index contributed by atoms with van der Waals surface area (Å²) < 4.78 is 7.05. The highest BCUT2D eigenvalue weighted by atomic mass is 16.3. The summed E-state index contributed by atoms with van der Waals surface area (Å²) in [6.45, 7) is 3.51. The Kier molecular flexibility index (Phi) is 6.62. The second-order valence-corrected chi connectivity index (χ2v) is 9.05. The van der Waals surface area contributed by atoms with Gasteiger partial charge in [-0.3, -0.25) is 14.6 Å². The number of carbonyl (C=O) groups is 2. The molecule has 5 rings (SSSR count). The average molecular weight is 485 g/mol. The van der Waals surface area contributed by atoms with E-state index in [1.54, 1.807) is 47.4 Å². The zero-order valence-electron chi connectivity index (χ0n) is 20.4. The van der Waals surface area contributed by atoms with E-state index in [4.69, 9.17) is 9.40 Å². The van der Waals surface area contributed by atoms with Crippen LogP contribution in [0.1, 0.15) is 56.6 Å². The van der Waals surface area contributed by atoms with Gasteiger partial charge in [-0.2, -0.15) is 5.10 Å². The lowest BCUT2D eigenvalue weighted by Gasteiger charge is -2.32. The van der Waals surface area contributed by atoms with Crippen molar-refractivity contribution >= 4 is 11.8 Å². The highest BCUT2D eigenvalue weighted by molar-refractivity contribution is 5.95. The molecule has 0 aliphatic carbocycles. The zero-order valence-corrected chi connectivity index (χ0v) is 20.4. The maximum Gasteiger partial charge on any atom is 0.255 e. The first kappa shape index (κ1) is 23.5. The Morgan fingerprint density at radius 3 is 2.61 bits per heavy atom. The van der Waals surface area contributed by atoms with Crippen LogP contribution >= 0.6 is 0 Å². The van der Waals surface area contributed by atoms with Gasteiger partial charge in [-0.25, -0.2) is 9.67 Å². The van der Waals surface area contributed by atoms with E-state index in [-0.39, 0.29) is 17.7 Å². The summed E-state index contributed by atoms with van der Waals surface area (Å²) in [7, 11) is 1.77. The number of aromatic nitrogens is 4. The SMILES string of the molecule is Cc1ccc(C(=O)N(C)Cc2ccco2)c(C2CCN(C(=O)c3ccc(-n4cccn4)nc3)CC2)n1. The molecular formula is C27H28N6O3. The van der Waals surface area contributed by atoms with Crippen LogP contribution < -0.4 is 0 Å². The number of pyridine rings is 2. The van der Waals surface area contributed by atoms with Crippen molar-refractivity contribution in [1.29, 1.82) is 0 Å². The van der Waals surface area contributed by atoms with Crippen LogP contribution in [0.15, 0.2) is 71.7 Å². The Balaban J connectivity index is 1.26. The van der Waals surface area contributed by atoms with E-state index in [1.165, 1.54) is 0 Å².